The minimum absolute atomic E-state index is 0.0172. The van der Waals surface area contributed by atoms with Crippen LogP contribution in [0.1, 0.15) is 5.56 Å². The summed E-state index contributed by atoms with van der Waals surface area (Å²) in [6, 6.07) is 5.65. The molecule has 0 bridgehead atoms. The van der Waals surface area contributed by atoms with E-state index in [0.29, 0.717) is 0 Å². The van der Waals surface area contributed by atoms with Gasteiger partial charge in [-0.05, 0) is 6.07 Å². The largest absolute Gasteiger partial charge is 0.573 e. The second-order valence-corrected chi connectivity index (χ2v) is 3.63. The molecule has 0 aliphatic heterocycles. The fourth-order valence-corrected chi connectivity index (χ4v) is 1.31. The highest BCUT2D eigenvalue weighted by Crippen LogP contribution is 2.25. The van der Waals surface area contributed by atoms with Crippen molar-refractivity contribution < 1.29 is 22.7 Å². The van der Waals surface area contributed by atoms with Crippen LogP contribution in [0.4, 0.5) is 13.2 Å². The Morgan fingerprint density at radius 1 is 1.35 bits per heavy atom. The lowest BCUT2D eigenvalue weighted by molar-refractivity contribution is -0.274. The molecule has 0 atom stereocenters. The number of benzene rings is 1. The van der Waals surface area contributed by atoms with Crippen LogP contribution in [-0.4, -0.2) is 17.6 Å². The van der Waals surface area contributed by atoms with E-state index in [2.05, 4.69) is 26.0 Å². The van der Waals surface area contributed by atoms with Gasteiger partial charge in [0.1, 0.15) is 5.75 Å². The smallest absolute Gasteiger partial charge is 0.405 e. The Balaban J connectivity index is 2.74. The maximum absolute atomic E-state index is 12.1. The zero-order valence-corrected chi connectivity index (χ0v) is 10.1. The second-order valence-electron chi connectivity index (χ2n) is 3.07. The third kappa shape index (κ3) is 5.08. The van der Waals surface area contributed by atoms with Crippen molar-refractivity contribution in [2.24, 2.45) is 0 Å². The van der Waals surface area contributed by atoms with Crippen molar-refractivity contribution in [3.63, 3.8) is 0 Å². The van der Waals surface area contributed by atoms with Gasteiger partial charge in [-0.15, -0.1) is 13.2 Å². The maximum Gasteiger partial charge on any atom is 0.573 e. The molecule has 1 amide bonds. The van der Waals surface area contributed by atoms with E-state index in [1.807, 2.05) is 0 Å². The van der Waals surface area contributed by atoms with Gasteiger partial charge < -0.3 is 10.1 Å². The third-order valence-corrected chi connectivity index (χ3v) is 2.30. The number of amides is 1. The number of hydrogen-bond donors (Lipinski definition) is 1. The number of rotatable bonds is 4. The third-order valence-electron chi connectivity index (χ3n) is 1.80. The van der Waals surface area contributed by atoms with E-state index in [4.69, 9.17) is 0 Å². The molecule has 0 unspecified atom stereocenters. The Labute approximate surface area is 104 Å². The first kappa shape index (κ1) is 13.8. The zero-order chi connectivity index (χ0) is 12.9. The molecular weight excluding hydrogens is 303 g/mol. The Morgan fingerprint density at radius 2 is 2.00 bits per heavy atom. The summed E-state index contributed by atoms with van der Waals surface area (Å²) in [4.78, 5) is 11.0. The fraction of sp³-hybridized carbons (Fsp3) is 0.300. The molecule has 1 rings (SSSR count). The number of alkyl halides is 4. The second kappa shape index (κ2) is 5.90. The molecule has 1 aromatic rings. The van der Waals surface area contributed by atoms with Crippen LogP contribution >= 0.6 is 15.9 Å². The van der Waals surface area contributed by atoms with Crippen molar-refractivity contribution in [3.05, 3.63) is 29.8 Å². The van der Waals surface area contributed by atoms with E-state index < -0.39 is 6.36 Å². The lowest BCUT2D eigenvalue weighted by Gasteiger charge is -2.13. The maximum atomic E-state index is 12.1. The molecule has 3 nitrogen and oxygen atoms in total. The summed E-state index contributed by atoms with van der Waals surface area (Å²) in [6.45, 7) is -0.0172. The van der Waals surface area contributed by atoms with Crippen molar-refractivity contribution in [2.45, 2.75) is 12.9 Å². The van der Waals surface area contributed by atoms with Crippen LogP contribution in [0, 0.1) is 0 Å². The fourth-order valence-electron chi connectivity index (χ4n) is 1.12. The molecule has 7 heteroatoms. The summed E-state index contributed by atoms with van der Waals surface area (Å²) in [6.07, 6.45) is -4.74. The highest BCUT2D eigenvalue weighted by molar-refractivity contribution is 9.09. The Hall–Kier alpha value is -1.24. The molecule has 0 saturated heterocycles. The number of carbonyl (C=O) groups excluding carboxylic acids is 1. The monoisotopic (exact) mass is 311 g/mol. The van der Waals surface area contributed by atoms with Gasteiger partial charge in [-0.25, -0.2) is 0 Å². The normalized spacial score (nSPS) is 11.1. The zero-order valence-electron chi connectivity index (χ0n) is 8.55. The quantitative estimate of drug-likeness (QED) is 0.868. The molecule has 0 spiro atoms. The molecular formula is C10H9BrF3NO2. The highest BCUT2D eigenvalue weighted by atomic mass is 79.9. The molecule has 0 saturated carbocycles. The average molecular weight is 312 g/mol. The van der Waals surface area contributed by atoms with E-state index in [-0.39, 0.29) is 29.1 Å². The lowest BCUT2D eigenvalue weighted by Crippen LogP contribution is -2.25. The molecule has 0 fully saturated rings. The predicted molar refractivity (Wildman–Crippen MR) is 58.8 cm³/mol. The Kier molecular flexibility index (Phi) is 4.80. The van der Waals surface area contributed by atoms with Gasteiger partial charge in [0.15, 0.2) is 0 Å². The SMILES string of the molecule is O=C(CBr)NCc1ccccc1OC(F)(F)F. The summed E-state index contributed by atoms with van der Waals surface area (Å²) < 4.78 is 40.0. The number of hydrogen-bond acceptors (Lipinski definition) is 2. The molecule has 0 radical (unpaired) electrons. The average Bonchev–Trinajstić information content (AvgIpc) is 2.25. The number of halogens is 4. The lowest BCUT2D eigenvalue weighted by atomic mass is 10.2. The van der Waals surface area contributed by atoms with Gasteiger partial charge in [0.05, 0.1) is 5.33 Å². The summed E-state index contributed by atoms with van der Waals surface area (Å²) >= 11 is 2.93. The van der Waals surface area contributed by atoms with E-state index in [1.54, 1.807) is 6.07 Å². The van der Waals surface area contributed by atoms with Crippen LogP contribution in [0.25, 0.3) is 0 Å². The molecule has 0 aliphatic carbocycles. The van der Waals surface area contributed by atoms with E-state index in [9.17, 15) is 18.0 Å². The number of ether oxygens (including phenoxy) is 1. The first-order chi connectivity index (χ1) is 7.92. The topological polar surface area (TPSA) is 38.3 Å². The number of carbonyl (C=O) groups is 1. The minimum Gasteiger partial charge on any atom is -0.405 e. The van der Waals surface area contributed by atoms with E-state index in [1.165, 1.54) is 18.2 Å². The van der Waals surface area contributed by atoms with Gasteiger partial charge in [0.25, 0.3) is 0 Å². The Morgan fingerprint density at radius 3 is 2.59 bits per heavy atom. The van der Waals surface area contributed by atoms with Gasteiger partial charge in [-0.3, -0.25) is 4.79 Å². The molecule has 0 aromatic heterocycles. The predicted octanol–water partition coefficient (Wildman–Crippen LogP) is 2.60. The van der Waals surface area contributed by atoms with Gasteiger partial charge in [-0.1, -0.05) is 34.1 Å². The van der Waals surface area contributed by atoms with Crippen LogP contribution in [0.3, 0.4) is 0 Å². The number of para-hydroxylation sites is 1. The Bertz CT molecular complexity index is 395. The van der Waals surface area contributed by atoms with Crippen molar-refractivity contribution in [1.29, 1.82) is 0 Å². The standard InChI is InChI=1S/C10H9BrF3NO2/c11-5-9(16)15-6-7-3-1-2-4-8(7)17-10(12,13)14/h1-4H,5-6H2,(H,15,16). The van der Waals surface area contributed by atoms with Gasteiger partial charge >= 0.3 is 6.36 Å². The van der Waals surface area contributed by atoms with Crippen LogP contribution < -0.4 is 10.1 Å². The molecule has 0 aliphatic rings. The minimum atomic E-state index is -4.74. The molecule has 1 aromatic carbocycles. The molecule has 1 N–H and O–H groups in total. The van der Waals surface area contributed by atoms with Crippen molar-refractivity contribution in [1.82, 2.24) is 5.32 Å². The summed E-state index contributed by atoms with van der Waals surface area (Å²) in [5.41, 5.74) is 0.263. The van der Waals surface area contributed by atoms with Crippen molar-refractivity contribution in [3.8, 4) is 5.75 Å². The number of nitrogens with one attached hydrogen (secondary N) is 1. The van der Waals surface area contributed by atoms with Crippen LogP contribution in [0.15, 0.2) is 24.3 Å². The van der Waals surface area contributed by atoms with Crippen LogP contribution in [-0.2, 0) is 11.3 Å². The summed E-state index contributed by atoms with van der Waals surface area (Å²) in [7, 11) is 0. The summed E-state index contributed by atoms with van der Waals surface area (Å²) in [5.74, 6) is -0.623. The van der Waals surface area contributed by atoms with E-state index >= 15 is 0 Å². The van der Waals surface area contributed by atoms with Gasteiger partial charge in [0.2, 0.25) is 5.91 Å². The van der Waals surface area contributed by atoms with Crippen LogP contribution in [0.5, 0.6) is 5.75 Å². The first-order valence-corrected chi connectivity index (χ1v) is 5.71. The van der Waals surface area contributed by atoms with Gasteiger partial charge in [0, 0.05) is 12.1 Å². The molecule has 0 heterocycles. The van der Waals surface area contributed by atoms with Crippen molar-refractivity contribution in [2.75, 3.05) is 5.33 Å². The molecule has 17 heavy (non-hydrogen) atoms. The van der Waals surface area contributed by atoms with E-state index in [0.717, 1.165) is 0 Å². The van der Waals surface area contributed by atoms with Crippen LogP contribution in [0.2, 0.25) is 0 Å². The highest BCUT2D eigenvalue weighted by Gasteiger charge is 2.31. The van der Waals surface area contributed by atoms with Crippen molar-refractivity contribution >= 4 is 21.8 Å². The van der Waals surface area contributed by atoms with Gasteiger partial charge in [-0.2, -0.15) is 0 Å². The summed E-state index contributed by atoms with van der Waals surface area (Å²) in [5, 5.41) is 2.53. The first-order valence-electron chi connectivity index (χ1n) is 4.58. The molecule has 94 valence electrons.